The zero-order valence-corrected chi connectivity index (χ0v) is 12.6. The normalized spacial score (nSPS) is 18.2. The van der Waals surface area contributed by atoms with E-state index in [4.69, 9.17) is 0 Å². The molecule has 3 rings (SSSR count). The fourth-order valence-electron chi connectivity index (χ4n) is 2.25. The van der Waals surface area contributed by atoms with E-state index in [1.807, 2.05) is 31.0 Å². The zero-order chi connectivity index (χ0) is 14.4. The molecule has 4 heteroatoms. The Hall–Kier alpha value is -1.42. The molecular weight excluding hydrogens is 250 g/mol. The lowest BCUT2D eigenvalue weighted by Gasteiger charge is -2.26. The first-order valence-electron chi connectivity index (χ1n) is 7.60. The Kier molecular flexibility index (Phi) is 5.53. The highest BCUT2D eigenvalue weighted by atomic mass is 16.2. The van der Waals surface area contributed by atoms with Gasteiger partial charge in [0.05, 0.1) is 5.56 Å². The molecule has 1 N–H and O–H groups in total. The number of nitrogens with one attached hydrogen (secondary N) is 1. The Morgan fingerprint density at radius 2 is 1.95 bits per heavy atom. The molecule has 2 aliphatic rings. The molecule has 1 aliphatic carbocycles. The van der Waals surface area contributed by atoms with Gasteiger partial charge < -0.3 is 10.2 Å². The van der Waals surface area contributed by atoms with Crippen LogP contribution in [0.25, 0.3) is 0 Å². The number of rotatable bonds is 2. The van der Waals surface area contributed by atoms with Gasteiger partial charge in [-0.15, -0.1) is 0 Å². The number of pyridine rings is 1. The molecule has 1 saturated carbocycles. The van der Waals surface area contributed by atoms with Crippen LogP contribution in [0.4, 0.5) is 0 Å². The number of carbonyl (C=O) groups excluding carboxylic acids is 1. The predicted molar refractivity (Wildman–Crippen MR) is 80.8 cm³/mol. The quantitative estimate of drug-likeness (QED) is 0.901. The molecule has 0 aromatic carbocycles. The molecular formula is C16H25N3O. The third-order valence-corrected chi connectivity index (χ3v) is 3.79. The van der Waals surface area contributed by atoms with Gasteiger partial charge in [0.25, 0.3) is 5.91 Å². The number of aromatic nitrogens is 1. The molecule has 0 spiro atoms. The van der Waals surface area contributed by atoms with Gasteiger partial charge in [-0.25, -0.2) is 0 Å². The average Bonchev–Trinajstić information content (AvgIpc) is 3.33. The molecule has 0 atom stereocenters. The molecule has 110 valence electrons. The highest BCUT2D eigenvalue weighted by Gasteiger charge is 2.18. The van der Waals surface area contributed by atoms with Crippen LogP contribution in [-0.4, -0.2) is 42.0 Å². The van der Waals surface area contributed by atoms with Gasteiger partial charge >= 0.3 is 0 Å². The van der Waals surface area contributed by atoms with E-state index in [0.717, 1.165) is 37.7 Å². The van der Waals surface area contributed by atoms with Crippen LogP contribution in [0.2, 0.25) is 0 Å². The molecule has 0 bridgehead atoms. The number of nitrogens with zero attached hydrogens (tertiary/aromatic N) is 2. The summed E-state index contributed by atoms with van der Waals surface area (Å²) in [4.78, 5) is 18.1. The first-order valence-corrected chi connectivity index (χ1v) is 7.60. The van der Waals surface area contributed by atoms with E-state index < -0.39 is 0 Å². The summed E-state index contributed by atoms with van der Waals surface area (Å²) in [7, 11) is 2.01. The number of hydrogen-bond acceptors (Lipinski definition) is 3. The molecule has 0 radical (unpaired) electrons. The minimum absolute atomic E-state index is 0.127. The van der Waals surface area contributed by atoms with Crippen molar-refractivity contribution in [2.75, 3.05) is 20.1 Å². The molecule has 4 nitrogen and oxygen atoms in total. The monoisotopic (exact) mass is 275 g/mol. The summed E-state index contributed by atoms with van der Waals surface area (Å²) in [5, 5.41) is 3.14. The van der Waals surface area contributed by atoms with Crippen LogP contribution in [0.5, 0.6) is 0 Å². The van der Waals surface area contributed by atoms with Crippen LogP contribution in [-0.2, 0) is 0 Å². The van der Waals surface area contributed by atoms with E-state index >= 15 is 0 Å². The second-order valence-electron chi connectivity index (χ2n) is 5.60. The molecule has 2 fully saturated rings. The molecule has 0 unspecified atom stereocenters. The smallest absolute Gasteiger partial charge is 0.255 e. The van der Waals surface area contributed by atoms with Crippen LogP contribution < -0.4 is 5.32 Å². The SMILES string of the molecule is CNC1CC1.Cc1ccc(C(=O)N2CCCCC2)cn1. The van der Waals surface area contributed by atoms with E-state index in [0.29, 0.717) is 5.56 Å². The van der Waals surface area contributed by atoms with E-state index in [1.54, 1.807) is 6.20 Å². The van der Waals surface area contributed by atoms with Gasteiger partial charge in [0.2, 0.25) is 0 Å². The van der Waals surface area contributed by atoms with Crippen molar-refractivity contribution in [3.63, 3.8) is 0 Å². The molecule has 20 heavy (non-hydrogen) atoms. The van der Waals surface area contributed by atoms with Crippen molar-refractivity contribution < 1.29 is 4.79 Å². The summed E-state index contributed by atoms with van der Waals surface area (Å²) in [5.41, 5.74) is 1.66. The maximum atomic E-state index is 12.0. The summed E-state index contributed by atoms with van der Waals surface area (Å²) >= 11 is 0. The van der Waals surface area contributed by atoms with Crippen molar-refractivity contribution in [1.82, 2.24) is 15.2 Å². The number of likely N-dealkylation sites (tertiary alicyclic amines) is 1. The van der Waals surface area contributed by atoms with Gasteiger partial charge in [0.1, 0.15) is 0 Å². The second-order valence-corrected chi connectivity index (χ2v) is 5.60. The molecule has 2 heterocycles. The van der Waals surface area contributed by atoms with Crippen molar-refractivity contribution >= 4 is 5.91 Å². The number of amides is 1. The topological polar surface area (TPSA) is 45.2 Å². The minimum atomic E-state index is 0.127. The van der Waals surface area contributed by atoms with Crippen LogP contribution >= 0.6 is 0 Å². The number of carbonyl (C=O) groups is 1. The largest absolute Gasteiger partial charge is 0.339 e. The summed E-state index contributed by atoms with van der Waals surface area (Å²) < 4.78 is 0. The average molecular weight is 275 g/mol. The lowest BCUT2D eigenvalue weighted by Crippen LogP contribution is -2.35. The van der Waals surface area contributed by atoms with Crippen molar-refractivity contribution in [3.8, 4) is 0 Å². The van der Waals surface area contributed by atoms with Gasteiger partial charge in [0.15, 0.2) is 0 Å². The van der Waals surface area contributed by atoms with E-state index in [-0.39, 0.29) is 5.91 Å². The van der Waals surface area contributed by atoms with Crippen molar-refractivity contribution in [2.24, 2.45) is 0 Å². The standard InChI is InChI=1S/C12H16N2O.C4H9N/c1-10-5-6-11(9-13-10)12(15)14-7-3-2-4-8-14;1-5-4-2-3-4/h5-6,9H,2-4,7-8H2,1H3;4-5H,2-3H2,1H3. The van der Waals surface area contributed by atoms with E-state index in [1.165, 1.54) is 19.3 Å². The fourth-order valence-corrected chi connectivity index (χ4v) is 2.25. The maximum absolute atomic E-state index is 12.0. The third kappa shape index (κ3) is 4.60. The lowest BCUT2D eigenvalue weighted by molar-refractivity contribution is 0.0724. The van der Waals surface area contributed by atoms with E-state index in [2.05, 4.69) is 10.3 Å². The fraction of sp³-hybridized carbons (Fsp3) is 0.625. The van der Waals surface area contributed by atoms with Crippen molar-refractivity contribution in [1.29, 1.82) is 0 Å². The van der Waals surface area contributed by atoms with Crippen LogP contribution in [0.1, 0.15) is 48.2 Å². The van der Waals surface area contributed by atoms with Gasteiger partial charge in [0, 0.05) is 31.0 Å². The molecule has 1 aromatic rings. The van der Waals surface area contributed by atoms with Crippen LogP contribution in [0.15, 0.2) is 18.3 Å². The van der Waals surface area contributed by atoms with Crippen molar-refractivity contribution in [2.45, 2.75) is 45.1 Å². The van der Waals surface area contributed by atoms with Gasteiger partial charge in [-0.05, 0) is 58.2 Å². The summed E-state index contributed by atoms with van der Waals surface area (Å²) in [5.74, 6) is 0.127. The van der Waals surface area contributed by atoms with Gasteiger partial charge in [-0.3, -0.25) is 9.78 Å². The van der Waals surface area contributed by atoms with Crippen molar-refractivity contribution in [3.05, 3.63) is 29.6 Å². The maximum Gasteiger partial charge on any atom is 0.255 e. The third-order valence-electron chi connectivity index (χ3n) is 3.79. The first-order chi connectivity index (χ1) is 9.70. The number of hydrogen-bond donors (Lipinski definition) is 1. The Bertz CT molecular complexity index is 420. The highest BCUT2D eigenvalue weighted by molar-refractivity contribution is 5.93. The van der Waals surface area contributed by atoms with Crippen LogP contribution in [0.3, 0.4) is 0 Å². The Morgan fingerprint density at radius 3 is 2.40 bits per heavy atom. The second kappa shape index (κ2) is 7.39. The zero-order valence-electron chi connectivity index (χ0n) is 12.6. The van der Waals surface area contributed by atoms with Crippen LogP contribution in [0, 0.1) is 6.92 Å². The summed E-state index contributed by atoms with van der Waals surface area (Å²) in [6.07, 6.45) is 7.98. The Balaban J connectivity index is 0.000000247. The number of aryl methyl sites for hydroxylation is 1. The lowest BCUT2D eigenvalue weighted by atomic mass is 10.1. The Labute approximate surface area is 121 Å². The summed E-state index contributed by atoms with van der Waals surface area (Å²) in [6.45, 7) is 3.72. The number of piperidine rings is 1. The van der Waals surface area contributed by atoms with Gasteiger partial charge in [-0.2, -0.15) is 0 Å². The predicted octanol–water partition coefficient (Wildman–Crippen LogP) is 2.38. The first kappa shape index (κ1) is 15.0. The molecule has 1 amide bonds. The Morgan fingerprint density at radius 1 is 1.25 bits per heavy atom. The minimum Gasteiger partial charge on any atom is -0.339 e. The van der Waals surface area contributed by atoms with E-state index in [9.17, 15) is 4.79 Å². The summed E-state index contributed by atoms with van der Waals surface area (Å²) in [6, 6.07) is 4.63. The highest BCUT2D eigenvalue weighted by Crippen LogP contribution is 2.17. The molecule has 1 aliphatic heterocycles. The molecule has 1 aromatic heterocycles. The molecule has 1 saturated heterocycles. The van der Waals surface area contributed by atoms with Gasteiger partial charge in [-0.1, -0.05) is 0 Å².